The fraction of sp³-hybridized carbons (Fsp3) is 0.312. The number of fused-ring (bicyclic) bond motifs is 1. The molecule has 5 amide bonds. The van der Waals surface area contributed by atoms with Crippen LogP contribution in [0.3, 0.4) is 0 Å². The summed E-state index contributed by atoms with van der Waals surface area (Å²) in [5.41, 5.74) is 5.39. The summed E-state index contributed by atoms with van der Waals surface area (Å²) >= 11 is 0. The van der Waals surface area contributed by atoms with Crippen LogP contribution in [0.1, 0.15) is 33.6 Å². The van der Waals surface area contributed by atoms with Gasteiger partial charge < -0.3 is 10.5 Å². The van der Waals surface area contributed by atoms with Gasteiger partial charge in [0, 0.05) is 13.0 Å². The Labute approximate surface area is 147 Å². The van der Waals surface area contributed by atoms with Crippen molar-refractivity contribution >= 4 is 35.4 Å². The summed E-state index contributed by atoms with van der Waals surface area (Å²) in [7, 11) is 0. The molecule has 1 aromatic rings. The van der Waals surface area contributed by atoms with Gasteiger partial charge in [0.15, 0.2) is 0 Å². The summed E-state index contributed by atoms with van der Waals surface area (Å²) in [6.07, 6.45) is -0.735. The Kier molecular flexibility index (Phi) is 4.67. The predicted octanol–water partition coefficient (Wildman–Crippen LogP) is -0.405. The second-order valence-corrected chi connectivity index (χ2v) is 5.72. The average molecular weight is 360 g/mol. The van der Waals surface area contributed by atoms with Gasteiger partial charge in [0.25, 0.3) is 11.8 Å². The van der Waals surface area contributed by atoms with E-state index in [9.17, 15) is 24.0 Å². The average Bonchev–Trinajstić information content (AvgIpc) is 2.85. The zero-order valence-corrected chi connectivity index (χ0v) is 13.6. The van der Waals surface area contributed by atoms with Gasteiger partial charge in [-0.2, -0.15) is 0 Å². The molecule has 26 heavy (non-hydrogen) atoms. The van der Waals surface area contributed by atoms with Crippen molar-refractivity contribution in [2.24, 2.45) is 5.73 Å². The molecule has 2 heterocycles. The minimum absolute atomic E-state index is 0.00384. The van der Waals surface area contributed by atoms with E-state index in [4.69, 9.17) is 10.5 Å². The van der Waals surface area contributed by atoms with Crippen LogP contribution in [0.25, 0.3) is 0 Å². The van der Waals surface area contributed by atoms with Gasteiger partial charge in [0.05, 0.1) is 16.8 Å². The summed E-state index contributed by atoms with van der Waals surface area (Å²) < 4.78 is 4.80. The van der Waals surface area contributed by atoms with Crippen LogP contribution in [0.4, 0.5) is 10.5 Å². The van der Waals surface area contributed by atoms with Crippen LogP contribution in [-0.4, -0.2) is 53.8 Å². The third-order valence-corrected chi connectivity index (χ3v) is 4.06. The van der Waals surface area contributed by atoms with Crippen LogP contribution in [0.15, 0.2) is 18.2 Å². The number of anilines is 1. The molecule has 10 nitrogen and oxygen atoms in total. The van der Waals surface area contributed by atoms with E-state index in [1.54, 1.807) is 0 Å². The zero-order chi connectivity index (χ0) is 18.8. The maximum absolute atomic E-state index is 12.8. The van der Waals surface area contributed by atoms with Crippen molar-refractivity contribution in [1.82, 2.24) is 10.2 Å². The molecule has 1 unspecified atom stereocenters. The number of hydrogen-bond donors (Lipinski definition) is 3. The molecule has 0 spiro atoms. The normalized spacial score (nSPS) is 19.3. The molecule has 0 radical (unpaired) electrons. The monoisotopic (exact) mass is 360 g/mol. The molecule has 136 valence electrons. The molecular formula is C16H16N4O6. The minimum atomic E-state index is -1.07. The molecule has 0 aromatic heterocycles. The third-order valence-electron chi connectivity index (χ3n) is 4.06. The van der Waals surface area contributed by atoms with Gasteiger partial charge in [-0.3, -0.25) is 34.7 Å². The van der Waals surface area contributed by atoms with E-state index in [2.05, 4.69) is 10.6 Å². The smallest absolute Gasteiger partial charge is 0.411 e. The third kappa shape index (κ3) is 3.02. The Morgan fingerprint density at radius 1 is 1.27 bits per heavy atom. The van der Waals surface area contributed by atoms with E-state index < -0.39 is 35.8 Å². The lowest BCUT2D eigenvalue weighted by Crippen LogP contribution is -2.54. The van der Waals surface area contributed by atoms with E-state index in [0.29, 0.717) is 0 Å². The van der Waals surface area contributed by atoms with Crippen molar-refractivity contribution in [2.75, 3.05) is 18.5 Å². The Bertz CT molecular complexity index is 821. The first-order chi connectivity index (χ1) is 12.4. The first kappa shape index (κ1) is 17.5. The molecule has 0 bridgehead atoms. The van der Waals surface area contributed by atoms with Gasteiger partial charge in [-0.15, -0.1) is 0 Å². The minimum Gasteiger partial charge on any atom is -0.448 e. The van der Waals surface area contributed by atoms with E-state index in [-0.39, 0.29) is 42.8 Å². The van der Waals surface area contributed by atoms with Crippen molar-refractivity contribution in [3.05, 3.63) is 29.3 Å². The SMILES string of the molecule is NCCOC(=O)Nc1cccc2c1C(=O)N(C1CCC(=O)NC1=O)C2=O. The number of imide groups is 2. The van der Waals surface area contributed by atoms with Gasteiger partial charge in [-0.1, -0.05) is 6.07 Å². The number of benzene rings is 1. The van der Waals surface area contributed by atoms with Crippen molar-refractivity contribution in [2.45, 2.75) is 18.9 Å². The maximum atomic E-state index is 12.8. The highest BCUT2D eigenvalue weighted by molar-refractivity contribution is 6.26. The molecule has 4 N–H and O–H groups in total. The van der Waals surface area contributed by atoms with Crippen molar-refractivity contribution < 1.29 is 28.7 Å². The first-order valence-electron chi connectivity index (χ1n) is 7.92. The Hall–Kier alpha value is -3.27. The van der Waals surface area contributed by atoms with Gasteiger partial charge in [0.1, 0.15) is 12.6 Å². The molecular weight excluding hydrogens is 344 g/mol. The summed E-state index contributed by atoms with van der Waals surface area (Å²) in [6, 6.07) is 3.30. The fourth-order valence-electron chi connectivity index (χ4n) is 2.92. The molecule has 1 aromatic carbocycles. The number of hydrogen-bond acceptors (Lipinski definition) is 7. The van der Waals surface area contributed by atoms with Gasteiger partial charge >= 0.3 is 6.09 Å². The van der Waals surface area contributed by atoms with Crippen LogP contribution in [0.5, 0.6) is 0 Å². The number of carbonyl (C=O) groups is 5. The molecule has 1 saturated heterocycles. The molecule has 3 rings (SSSR count). The number of rotatable bonds is 4. The Morgan fingerprint density at radius 2 is 2.04 bits per heavy atom. The second kappa shape index (κ2) is 6.92. The van der Waals surface area contributed by atoms with Gasteiger partial charge in [0.2, 0.25) is 11.8 Å². The van der Waals surface area contributed by atoms with E-state index in [1.807, 2.05) is 0 Å². The molecule has 10 heteroatoms. The largest absolute Gasteiger partial charge is 0.448 e. The molecule has 0 saturated carbocycles. The van der Waals surface area contributed by atoms with Gasteiger partial charge in [-0.25, -0.2) is 4.79 Å². The summed E-state index contributed by atoms with van der Waals surface area (Å²) in [5, 5.41) is 4.52. The van der Waals surface area contributed by atoms with E-state index >= 15 is 0 Å². The summed E-state index contributed by atoms with van der Waals surface area (Å²) in [6.45, 7) is 0.136. The maximum Gasteiger partial charge on any atom is 0.411 e. The van der Waals surface area contributed by atoms with Crippen molar-refractivity contribution in [3.63, 3.8) is 0 Å². The van der Waals surface area contributed by atoms with Crippen LogP contribution < -0.4 is 16.4 Å². The molecule has 2 aliphatic rings. The summed E-state index contributed by atoms with van der Waals surface area (Å²) in [5.74, 6) is -2.52. The quantitative estimate of drug-likeness (QED) is 0.618. The van der Waals surface area contributed by atoms with Crippen molar-refractivity contribution in [1.29, 1.82) is 0 Å². The van der Waals surface area contributed by atoms with Crippen molar-refractivity contribution in [3.8, 4) is 0 Å². The molecule has 1 atom stereocenters. The Morgan fingerprint density at radius 3 is 2.73 bits per heavy atom. The second-order valence-electron chi connectivity index (χ2n) is 5.72. The first-order valence-corrected chi connectivity index (χ1v) is 7.92. The number of carbonyl (C=O) groups excluding carboxylic acids is 5. The number of nitrogens with two attached hydrogens (primary N) is 1. The highest BCUT2D eigenvalue weighted by Crippen LogP contribution is 2.32. The number of nitrogens with zero attached hydrogens (tertiary/aromatic N) is 1. The zero-order valence-electron chi connectivity index (χ0n) is 13.6. The number of ether oxygens (including phenoxy) is 1. The van der Waals surface area contributed by atoms with Crippen LogP contribution >= 0.6 is 0 Å². The highest BCUT2D eigenvalue weighted by atomic mass is 16.5. The summed E-state index contributed by atoms with van der Waals surface area (Å²) in [4.78, 5) is 61.3. The standard InChI is InChI=1S/C16H16N4O6/c17-6-7-26-16(25)18-9-3-1-2-8-12(9)15(24)20(14(8)23)10-4-5-11(21)19-13(10)22/h1-3,10H,4-7,17H2,(H,18,25)(H,19,21,22). The Balaban J connectivity index is 1.88. The van der Waals surface area contributed by atoms with Crippen LogP contribution in [-0.2, 0) is 14.3 Å². The molecule has 2 aliphatic heterocycles. The fourth-order valence-corrected chi connectivity index (χ4v) is 2.92. The topological polar surface area (TPSA) is 148 Å². The predicted molar refractivity (Wildman–Crippen MR) is 87.1 cm³/mol. The molecule has 1 fully saturated rings. The lowest BCUT2D eigenvalue weighted by molar-refractivity contribution is -0.136. The lowest BCUT2D eigenvalue weighted by Gasteiger charge is -2.27. The number of piperidine rings is 1. The molecule has 0 aliphatic carbocycles. The van der Waals surface area contributed by atoms with Crippen LogP contribution in [0, 0.1) is 0 Å². The van der Waals surface area contributed by atoms with E-state index in [1.165, 1.54) is 18.2 Å². The lowest BCUT2D eigenvalue weighted by atomic mass is 10.0. The number of nitrogens with one attached hydrogen (secondary N) is 2. The van der Waals surface area contributed by atoms with Gasteiger partial charge in [-0.05, 0) is 18.6 Å². The number of amides is 5. The highest BCUT2D eigenvalue weighted by Gasteiger charge is 2.45. The van der Waals surface area contributed by atoms with Crippen LogP contribution in [0.2, 0.25) is 0 Å². The van der Waals surface area contributed by atoms with E-state index in [0.717, 1.165) is 4.90 Å².